The monoisotopic (exact) mass is 275 g/mol. The summed E-state index contributed by atoms with van der Waals surface area (Å²) in [5.41, 5.74) is 2.37. The van der Waals surface area contributed by atoms with Crippen molar-refractivity contribution in [1.82, 2.24) is 5.32 Å². The van der Waals surface area contributed by atoms with E-state index < -0.39 is 5.97 Å². The zero-order chi connectivity index (χ0) is 14.5. The summed E-state index contributed by atoms with van der Waals surface area (Å²) >= 11 is 0. The minimum Gasteiger partial charge on any atom is -0.481 e. The zero-order valence-electron chi connectivity index (χ0n) is 11.8. The zero-order valence-corrected chi connectivity index (χ0v) is 11.8. The number of carboxylic acid groups (broad SMARTS) is 1. The molecule has 0 aromatic heterocycles. The Labute approximate surface area is 119 Å². The number of aryl methyl sites for hydroxylation is 2. The van der Waals surface area contributed by atoms with Crippen molar-refractivity contribution in [2.24, 2.45) is 5.92 Å². The quantitative estimate of drug-likeness (QED) is 0.866. The van der Waals surface area contributed by atoms with Gasteiger partial charge in [0.1, 0.15) is 0 Å². The van der Waals surface area contributed by atoms with Gasteiger partial charge in [-0.1, -0.05) is 29.8 Å². The summed E-state index contributed by atoms with van der Waals surface area (Å²) in [6.07, 6.45) is 3.18. The van der Waals surface area contributed by atoms with Crippen LogP contribution in [-0.4, -0.2) is 23.0 Å². The highest BCUT2D eigenvalue weighted by Crippen LogP contribution is 2.25. The highest BCUT2D eigenvalue weighted by molar-refractivity contribution is 5.77. The third-order valence-corrected chi connectivity index (χ3v) is 3.91. The summed E-state index contributed by atoms with van der Waals surface area (Å²) in [5.74, 6) is -1.03. The van der Waals surface area contributed by atoms with Gasteiger partial charge in [-0.05, 0) is 38.2 Å². The standard InChI is InChI=1S/C16H21NO3/c1-11-2-4-12(5-3-11)6-9-15(18)17-14-8-7-13(10-14)16(19)20/h2-5,13-14H,6-10H2,1H3,(H,17,18)(H,19,20). The second kappa shape index (κ2) is 6.55. The average molecular weight is 275 g/mol. The van der Waals surface area contributed by atoms with Crippen molar-refractivity contribution in [3.63, 3.8) is 0 Å². The van der Waals surface area contributed by atoms with Gasteiger partial charge in [0.25, 0.3) is 0 Å². The first-order chi connectivity index (χ1) is 9.54. The first-order valence-electron chi connectivity index (χ1n) is 7.12. The smallest absolute Gasteiger partial charge is 0.306 e. The summed E-state index contributed by atoms with van der Waals surface area (Å²) in [6.45, 7) is 2.04. The number of hydrogen-bond acceptors (Lipinski definition) is 2. The van der Waals surface area contributed by atoms with Crippen molar-refractivity contribution in [1.29, 1.82) is 0 Å². The average Bonchev–Trinajstić information content (AvgIpc) is 2.87. The van der Waals surface area contributed by atoms with Gasteiger partial charge < -0.3 is 10.4 Å². The molecule has 0 aliphatic heterocycles. The third kappa shape index (κ3) is 4.08. The maximum atomic E-state index is 11.9. The normalized spacial score (nSPS) is 21.6. The van der Waals surface area contributed by atoms with Gasteiger partial charge in [-0.2, -0.15) is 0 Å². The Bertz CT molecular complexity index is 481. The lowest BCUT2D eigenvalue weighted by Crippen LogP contribution is -2.33. The molecule has 1 amide bonds. The van der Waals surface area contributed by atoms with Crippen molar-refractivity contribution < 1.29 is 14.7 Å². The van der Waals surface area contributed by atoms with Crippen LogP contribution in [0.5, 0.6) is 0 Å². The first-order valence-corrected chi connectivity index (χ1v) is 7.12. The van der Waals surface area contributed by atoms with Crippen molar-refractivity contribution in [3.8, 4) is 0 Å². The molecule has 0 saturated heterocycles. The number of rotatable bonds is 5. The summed E-state index contributed by atoms with van der Waals surface area (Å²) in [7, 11) is 0. The minimum absolute atomic E-state index is 0.0154. The number of benzene rings is 1. The lowest BCUT2D eigenvalue weighted by atomic mass is 10.1. The Balaban J connectivity index is 1.73. The van der Waals surface area contributed by atoms with E-state index in [-0.39, 0.29) is 17.9 Å². The molecule has 1 aromatic carbocycles. The molecule has 108 valence electrons. The van der Waals surface area contributed by atoms with Crippen LogP contribution in [0, 0.1) is 12.8 Å². The van der Waals surface area contributed by atoms with Gasteiger partial charge in [0.05, 0.1) is 5.92 Å². The fourth-order valence-corrected chi connectivity index (χ4v) is 2.65. The van der Waals surface area contributed by atoms with Crippen LogP contribution in [-0.2, 0) is 16.0 Å². The number of carbonyl (C=O) groups excluding carboxylic acids is 1. The van der Waals surface area contributed by atoms with E-state index in [0.717, 1.165) is 18.4 Å². The van der Waals surface area contributed by atoms with Crippen molar-refractivity contribution in [3.05, 3.63) is 35.4 Å². The van der Waals surface area contributed by atoms with Gasteiger partial charge in [0.2, 0.25) is 5.91 Å². The molecule has 2 atom stereocenters. The van der Waals surface area contributed by atoms with Gasteiger partial charge in [-0.25, -0.2) is 0 Å². The molecule has 2 unspecified atom stereocenters. The lowest BCUT2D eigenvalue weighted by molar-refractivity contribution is -0.141. The summed E-state index contributed by atoms with van der Waals surface area (Å²) in [4.78, 5) is 22.7. The van der Waals surface area contributed by atoms with Gasteiger partial charge in [-0.3, -0.25) is 9.59 Å². The van der Waals surface area contributed by atoms with E-state index in [1.54, 1.807) is 0 Å². The van der Waals surface area contributed by atoms with E-state index in [1.165, 1.54) is 5.56 Å². The van der Waals surface area contributed by atoms with Gasteiger partial charge >= 0.3 is 5.97 Å². The summed E-state index contributed by atoms with van der Waals surface area (Å²) < 4.78 is 0. The molecular formula is C16H21NO3. The van der Waals surface area contributed by atoms with Gasteiger partial charge in [-0.15, -0.1) is 0 Å². The maximum Gasteiger partial charge on any atom is 0.306 e. The fourth-order valence-electron chi connectivity index (χ4n) is 2.65. The maximum absolute atomic E-state index is 11.9. The topological polar surface area (TPSA) is 66.4 Å². The third-order valence-electron chi connectivity index (χ3n) is 3.91. The molecule has 0 bridgehead atoms. The molecule has 0 radical (unpaired) electrons. The van der Waals surface area contributed by atoms with E-state index in [9.17, 15) is 9.59 Å². The number of nitrogens with one attached hydrogen (secondary N) is 1. The predicted octanol–water partition coefficient (Wildman–Crippen LogP) is 2.30. The molecule has 2 N–H and O–H groups in total. The fraction of sp³-hybridized carbons (Fsp3) is 0.500. The Morgan fingerprint density at radius 2 is 1.95 bits per heavy atom. The van der Waals surface area contributed by atoms with Crippen LogP contribution in [0.25, 0.3) is 0 Å². The van der Waals surface area contributed by atoms with Crippen LogP contribution in [0.1, 0.15) is 36.8 Å². The van der Waals surface area contributed by atoms with Crippen molar-refractivity contribution >= 4 is 11.9 Å². The van der Waals surface area contributed by atoms with Gasteiger partial charge in [0, 0.05) is 12.5 Å². The molecular weight excluding hydrogens is 254 g/mol. The molecule has 1 aromatic rings. The number of amides is 1. The summed E-state index contributed by atoms with van der Waals surface area (Å²) in [5, 5.41) is 11.9. The largest absolute Gasteiger partial charge is 0.481 e. The van der Waals surface area contributed by atoms with E-state index in [0.29, 0.717) is 19.3 Å². The highest BCUT2D eigenvalue weighted by Gasteiger charge is 2.30. The summed E-state index contributed by atoms with van der Waals surface area (Å²) in [6, 6.07) is 8.20. The molecule has 1 fully saturated rings. The van der Waals surface area contributed by atoms with Crippen LogP contribution in [0.2, 0.25) is 0 Å². The first kappa shape index (κ1) is 14.6. The molecule has 1 aliphatic carbocycles. The molecule has 2 rings (SSSR count). The van der Waals surface area contributed by atoms with Crippen molar-refractivity contribution in [2.75, 3.05) is 0 Å². The lowest BCUT2D eigenvalue weighted by Gasteiger charge is -2.12. The molecule has 0 spiro atoms. The van der Waals surface area contributed by atoms with Gasteiger partial charge in [0.15, 0.2) is 0 Å². The molecule has 4 nitrogen and oxygen atoms in total. The molecule has 1 aliphatic rings. The molecule has 0 heterocycles. The number of carboxylic acids is 1. The second-order valence-electron chi connectivity index (χ2n) is 5.60. The van der Waals surface area contributed by atoms with Crippen LogP contribution in [0.15, 0.2) is 24.3 Å². The van der Waals surface area contributed by atoms with E-state index in [4.69, 9.17) is 5.11 Å². The van der Waals surface area contributed by atoms with Crippen LogP contribution < -0.4 is 5.32 Å². The number of aliphatic carboxylic acids is 1. The van der Waals surface area contributed by atoms with Crippen LogP contribution >= 0.6 is 0 Å². The second-order valence-corrected chi connectivity index (χ2v) is 5.60. The van der Waals surface area contributed by atoms with Crippen LogP contribution in [0.4, 0.5) is 0 Å². The number of carbonyl (C=O) groups is 2. The van der Waals surface area contributed by atoms with E-state index in [1.807, 2.05) is 31.2 Å². The van der Waals surface area contributed by atoms with Crippen LogP contribution in [0.3, 0.4) is 0 Å². The Hall–Kier alpha value is -1.84. The minimum atomic E-state index is -0.749. The van der Waals surface area contributed by atoms with Crippen molar-refractivity contribution in [2.45, 2.75) is 45.1 Å². The van der Waals surface area contributed by atoms with E-state index in [2.05, 4.69) is 5.32 Å². The Morgan fingerprint density at radius 1 is 1.25 bits per heavy atom. The predicted molar refractivity (Wildman–Crippen MR) is 76.4 cm³/mol. The SMILES string of the molecule is Cc1ccc(CCC(=O)NC2CCC(C(=O)O)C2)cc1. The molecule has 4 heteroatoms. The molecule has 1 saturated carbocycles. The van der Waals surface area contributed by atoms with E-state index >= 15 is 0 Å². The highest BCUT2D eigenvalue weighted by atomic mass is 16.4. The Kier molecular flexibility index (Phi) is 4.77. The number of hydrogen-bond donors (Lipinski definition) is 2. The molecule has 20 heavy (non-hydrogen) atoms. The Morgan fingerprint density at radius 3 is 2.55 bits per heavy atom.